The maximum atomic E-state index is 13.1. The zero-order chi connectivity index (χ0) is 18.5. The molecule has 0 spiro atoms. The van der Waals surface area contributed by atoms with Crippen molar-refractivity contribution < 1.29 is 17.8 Å². The minimum Gasteiger partial charge on any atom is -0.455 e. The maximum absolute atomic E-state index is 13.1. The van der Waals surface area contributed by atoms with Gasteiger partial charge in [0.25, 0.3) is 5.91 Å². The van der Waals surface area contributed by atoms with Gasteiger partial charge in [-0.05, 0) is 48.4 Å². The van der Waals surface area contributed by atoms with Gasteiger partial charge in [0.1, 0.15) is 11.6 Å². The molecule has 0 unspecified atom stereocenters. The van der Waals surface area contributed by atoms with Gasteiger partial charge < -0.3 is 9.73 Å². The van der Waals surface area contributed by atoms with E-state index in [-0.39, 0.29) is 23.9 Å². The second kappa shape index (κ2) is 8.10. The highest BCUT2D eigenvalue weighted by Gasteiger charge is 2.14. The summed E-state index contributed by atoms with van der Waals surface area (Å²) in [4.78, 5) is 12.9. The Morgan fingerprint density at radius 3 is 2.69 bits per heavy atom. The fourth-order valence-electron chi connectivity index (χ4n) is 2.51. The van der Waals surface area contributed by atoms with Crippen LogP contribution in [0.3, 0.4) is 0 Å². The molecule has 6 heteroatoms. The van der Waals surface area contributed by atoms with E-state index in [1.807, 2.05) is 31.2 Å². The monoisotopic (exact) mass is 371 g/mol. The molecule has 26 heavy (non-hydrogen) atoms. The highest BCUT2D eigenvalue weighted by atomic mass is 32.2. The largest absolute Gasteiger partial charge is 0.455 e. The fraction of sp³-hybridized carbons (Fsp3) is 0.150. The summed E-state index contributed by atoms with van der Waals surface area (Å²) in [6.45, 7) is 2.10. The van der Waals surface area contributed by atoms with Gasteiger partial charge in [-0.1, -0.05) is 30.3 Å². The highest BCUT2D eigenvalue weighted by Crippen LogP contribution is 2.18. The van der Waals surface area contributed by atoms with Gasteiger partial charge >= 0.3 is 0 Å². The number of carbonyl (C=O) groups excluding carboxylic acids is 1. The maximum Gasteiger partial charge on any atom is 0.287 e. The number of nitrogens with one attached hydrogen (secondary N) is 1. The molecule has 1 heterocycles. The first-order valence-corrected chi connectivity index (χ1v) is 9.40. The van der Waals surface area contributed by atoms with Gasteiger partial charge in [-0.15, -0.1) is 0 Å². The van der Waals surface area contributed by atoms with E-state index in [2.05, 4.69) is 5.32 Å². The van der Waals surface area contributed by atoms with Crippen molar-refractivity contribution in [3.63, 3.8) is 0 Å². The summed E-state index contributed by atoms with van der Waals surface area (Å²) in [5.74, 6) is 0.0563. The lowest BCUT2D eigenvalue weighted by Crippen LogP contribution is -2.22. The quantitative estimate of drug-likeness (QED) is 0.713. The molecule has 0 aliphatic rings. The van der Waals surface area contributed by atoms with Crippen LogP contribution in [0.4, 0.5) is 4.39 Å². The number of aryl methyl sites for hydroxylation is 1. The second-order valence-corrected chi connectivity index (χ2v) is 7.25. The summed E-state index contributed by atoms with van der Waals surface area (Å²) in [7, 11) is -1.25. The predicted molar refractivity (Wildman–Crippen MR) is 97.6 cm³/mol. The van der Waals surface area contributed by atoms with Gasteiger partial charge in [-0.3, -0.25) is 9.00 Å². The molecule has 4 nitrogen and oxygen atoms in total. The number of carbonyl (C=O) groups is 1. The fourth-order valence-corrected chi connectivity index (χ4v) is 3.74. The lowest BCUT2D eigenvalue weighted by Gasteiger charge is -2.05. The van der Waals surface area contributed by atoms with Crippen LogP contribution < -0.4 is 5.32 Å². The first-order valence-electron chi connectivity index (χ1n) is 8.08. The smallest absolute Gasteiger partial charge is 0.287 e. The van der Waals surface area contributed by atoms with E-state index in [1.165, 1.54) is 12.1 Å². The third-order valence-corrected chi connectivity index (χ3v) is 5.34. The molecular weight excluding hydrogens is 353 g/mol. The predicted octanol–water partition coefficient (Wildman–Crippen LogP) is 3.96. The molecule has 1 atom stereocenters. The number of halogens is 1. The van der Waals surface area contributed by atoms with Gasteiger partial charge in [-0.25, -0.2) is 4.39 Å². The van der Waals surface area contributed by atoms with Crippen LogP contribution in [0.1, 0.15) is 27.4 Å². The third-order valence-electron chi connectivity index (χ3n) is 3.84. The first-order chi connectivity index (χ1) is 12.5. The lowest BCUT2D eigenvalue weighted by molar-refractivity contribution is 0.0921. The highest BCUT2D eigenvalue weighted by molar-refractivity contribution is 7.84. The number of benzene rings is 2. The summed E-state index contributed by atoms with van der Waals surface area (Å²) < 4.78 is 31.1. The minimum atomic E-state index is -1.25. The van der Waals surface area contributed by atoms with Crippen molar-refractivity contribution in [3.8, 4) is 0 Å². The molecule has 3 rings (SSSR count). The molecule has 0 radical (unpaired) electrons. The van der Waals surface area contributed by atoms with Crippen LogP contribution in [0.15, 0.2) is 70.0 Å². The molecule has 0 aliphatic carbocycles. The van der Waals surface area contributed by atoms with Gasteiger partial charge in [0.15, 0.2) is 5.76 Å². The number of rotatable bonds is 6. The van der Waals surface area contributed by atoms with Crippen molar-refractivity contribution in [2.24, 2.45) is 0 Å². The Labute approximate surface area is 153 Å². The molecule has 3 aromatic rings. The second-order valence-electron chi connectivity index (χ2n) is 5.83. The van der Waals surface area contributed by atoms with Crippen LogP contribution in [0.2, 0.25) is 0 Å². The molecule has 2 aromatic carbocycles. The van der Waals surface area contributed by atoms with Crippen molar-refractivity contribution in [2.45, 2.75) is 24.1 Å². The molecule has 134 valence electrons. The molecule has 0 saturated heterocycles. The van der Waals surface area contributed by atoms with Crippen LogP contribution >= 0.6 is 0 Å². The molecule has 1 aromatic heterocycles. The molecule has 1 N–H and O–H groups in total. The van der Waals surface area contributed by atoms with Gasteiger partial charge in [0.05, 0.1) is 16.6 Å². The van der Waals surface area contributed by atoms with Gasteiger partial charge in [0.2, 0.25) is 0 Å². The van der Waals surface area contributed by atoms with Crippen LogP contribution in [0, 0.1) is 12.7 Å². The Hall–Kier alpha value is -2.73. The number of hydrogen-bond acceptors (Lipinski definition) is 3. The summed E-state index contributed by atoms with van der Waals surface area (Å²) >= 11 is 0. The Morgan fingerprint density at radius 1 is 1.12 bits per heavy atom. The van der Waals surface area contributed by atoms with E-state index in [9.17, 15) is 13.4 Å². The van der Waals surface area contributed by atoms with Crippen LogP contribution in [0.25, 0.3) is 0 Å². The van der Waals surface area contributed by atoms with Crippen molar-refractivity contribution >= 4 is 16.7 Å². The standard InChI is InChI=1S/C20H18FNO3S/c1-14-5-2-3-8-19(14)26(24)13-17-9-10-18(25-17)20(23)22-12-15-6-4-7-16(21)11-15/h2-11H,12-13H2,1H3,(H,22,23)/t26-/m1/s1. The van der Waals surface area contributed by atoms with Crippen molar-refractivity contribution in [1.82, 2.24) is 5.32 Å². The van der Waals surface area contributed by atoms with E-state index in [1.54, 1.807) is 24.3 Å². The summed E-state index contributed by atoms with van der Waals surface area (Å²) in [6, 6.07) is 16.7. The summed E-state index contributed by atoms with van der Waals surface area (Å²) in [6.07, 6.45) is 0. The van der Waals surface area contributed by atoms with Gasteiger partial charge in [0, 0.05) is 11.4 Å². The lowest BCUT2D eigenvalue weighted by atomic mass is 10.2. The van der Waals surface area contributed by atoms with Crippen molar-refractivity contribution in [2.75, 3.05) is 0 Å². The van der Waals surface area contributed by atoms with E-state index >= 15 is 0 Å². The summed E-state index contributed by atoms with van der Waals surface area (Å²) in [5, 5.41) is 2.67. The van der Waals surface area contributed by atoms with Crippen LogP contribution in [-0.4, -0.2) is 10.1 Å². The Kier molecular flexibility index (Phi) is 5.63. The molecule has 1 amide bonds. The Balaban J connectivity index is 1.61. The molecule has 0 saturated carbocycles. The van der Waals surface area contributed by atoms with Crippen LogP contribution in [0.5, 0.6) is 0 Å². The van der Waals surface area contributed by atoms with E-state index in [0.29, 0.717) is 11.3 Å². The first kappa shape index (κ1) is 18.1. The molecule has 0 aliphatic heterocycles. The van der Waals surface area contributed by atoms with E-state index < -0.39 is 16.7 Å². The van der Waals surface area contributed by atoms with Crippen molar-refractivity contribution in [3.05, 3.63) is 89.1 Å². The van der Waals surface area contributed by atoms with E-state index in [0.717, 1.165) is 10.5 Å². The molecular formula is C20H18FNO3S. The molecule has 0 bridgehead atoms. The topological polar surface area (TPSA) is 59.3 Å². The average molecular weight is 371 g/mol. The SMILES string of the molecule is Cc1ccccc1[S@](=O)Cc1ccc(C(=O)NCc2cccc(F)c2)o1. The van der Waals surface area contributed by atoms with Crippen molar-refractivity contribution in [1.29, 1.82) is 0 Å². The summed E-state index contributed by atoms with van der Waals surface area (Å²) in [5.41, 5.74) is 1.61. The zero-order valence-corrected chi connectivity index (χ0v) is 15.0. The Bertz CT molecular complexity index is 951. The van der Waals surface area contributed by atoms with Crippen LogP contribution in [-0.2, 0) is 23.1 Å². The number of hydrogen-bond donors (Lipinski definition) is 1. The normalized spacial score (nSPS) is 11.9. The minimum absolute atomic E-state index is 0.137. The van der Waals surface area contributed by atoms with E-state index in [4.69, 9.17) is 4.42 Å². The number of amides is 1. The van der Waals surface area contributed by atoms with Gasteiger partial charge in [-0.2, -0.15) is 0 Å². The number of furan rings is 1. The molecule has 0 fully saturated rings. The average Bonchev–Trinajstić information content (AvgIpc) is 3.08. The zero-order valence-electron chi connectivity index (χ0n) is 14.2. The third kappa shape index (κ3) is 4.46. The Morgan fingerprint density at radius 2 is 1.92 bits per heavy atom.